The lowest BCUT2D eigenvalue weighted by atomic mass is 10.1. The minimum Gasteiger partial charge on any atom is -0.460 e. The van der Waals surface area contributed by atoms with E-state index in [1.165, 1.54) is 0 Å². The minimum absolute atomic E-state index is 0.316. The van der Waals surface area contributed by atoms with E-state index in [2.05, 4.69) is 12.6 Å². The first-order chi connectivity index (χ1) is 9.68. The van der Waals surface area contributed by atoms with E-state index in [9.17, 15) is 4.79 Å². The molecule has 1 atom stereocenters. The Hall–Kier alpha value is -1.25. The lowest BCUT2D eigenvalue weighted by Gasteiger charge is -2.19. The van der Waals surface area contributed by atoms with Gasteiger partial charge in [-0.3, -0.25) is 4.79 Å². The highest BCUT2D eigenvalue weighted by Crippen LogP contribution is 2.33. The molecular weight excluding hydrogens is 286 g/mol. The summed E-state index contributed by atoms with van der Waals surface area (Å²) in [5, 5.41) is 1.43. The van der Waals surface area contributed by atoms with Crippen LogP contribution in [0.15, 0.2) is 60.7 Å². The number of rotatable bonds is 5. The smallest absolute Gasteiger partial charge is 0.309 e. The molecule has 2 rings (SSSR count). The Morgan fingerprint density at radius 1 is 1.05 bits per heavy atom. The second-order valence-electron chi connectivity index (χ2n) is 4.14. The van der Waals surface area contributed by atoms with Gasteiger partial charge in [-0.15, -0.1) is 0 Å². The maximum Gasteiger partial charge on any atom is 0.309 e. The van der Waals surface area contributed by atoms with Gasteiger partial charge in [0.25, 0.3) is 0 Å². The summed E-state index contributed by atoms with van der Waals surface area (Å²) in [6.45, 7) is 0. The van der Waals surface area contributed by atoms with Gasteiger partial charge in [-0.2, -0.15) is 12.6 Å². The van der Waals surface area contributed by atoms with Crippen LogP contribution in [-0.2, 0) is 9.53 Å². The zero-order valence-electron chi connectivity index (χ0n) is 10.8. The maximum absolute atomic E-state index is 11.5. The topological polar surface area (TPSA) is 26.3 Å². The van der Waals surface area contributed by atoms with E-state index in [0.717, 1.165) is 10.6 Å². The molecule has 1 unspecified atom stereocenters. The standard InChI is InChI=1S/C15H14BO2PS/c16-14(20)15(17)18-11-19(12-7-3-1-4-8-12)13-9-5-2-6-10-13/h1-10,14,20H,11H2. The summed E-state index contributed by atoms with van der Waals surface area (Å²) in [5.74, 6) is -0.493. The zero-order valence-corrected chi connectivity index (χ0v) is 12.6. The van der Waals surface area contributed by atoms with Gasteiger partial charge in [-0.25, -0.2) is 0 Å². The van der Waals surface area contributed by atoms with Gasteiger partial charge in [0, 0.05) is 0 Å². The molecule has 2 radical (unpaired) electrons. The molecule has 0 amide bonds. The van der Waals surface area contributed by atoms with E-state index in [1.807, 2.05) is 60.7 Å². The van der Waals surface area contributed by atoms with Crippen molar-refractivity contribution in [3.63, 3.8) is 0 Å². The average Bonchev–Trinajstić information content (AvgIpc) is 2.49. The molecule has 0 aromatic heterocycles. The third-order valence-corrected chi connectivity index (χ3v) is 5.15. The molecule has 20 heavy (non-hydrogen) atoms. The molecule has 0 aliphatic heterocycles. The highest BCUT2D eigenvalue weighted by atomic mass is 32.1. The predicted octanol–water partition coefficient (Wildman–Crippen LogP) is 2.04. The normalized spacial score (nSPS) is 12.1. The summed E-state index contributed by atoms with van der Waals surface area (Å²) >= 11 is 3.88. The fourth-order valence-electron chi connectivity index (χ4n) is 1.73. The molecular formula is C15H14BO2PS. The fourth-order valence-corrected chi connectivity index (χ4v) is 3.72. The molecule has 100 valence electrons. The molecule has 0 saturated carbocycles. The van der Waals surface area contributed by atoms with E-state index < -0.39 is 19.0 Å². The van der Waals surface area contributed by atoms with Crippen LogP contribution in [0, 0.1) is 0 Å². The molecule has 0 bridgehead atoms. The molecule has 0 N–H and O–H groups in total. The number of hydrogen-bond acceptors (Lipinski definition) is 3. The van der Waals surface area contributed by atoms with Crippen molar-refractivity contribution < 1.29 is 9.53 Å². The Morgan fingerprint density at radius 3 is 1.90 bits per heavy atom. The second kappa shape index (κ2) is 7.51. The summed E-state index contributed by atoms with van der Waals surface area (Å²) in [6, 6.07) is 20.1. The van der Waals surface area contributed by atoms with E-state index in [-0.39, 0.29) is 0 Å². The largest absolute Gasteiger partial charge is 0.460 e. The van der Waals surface area contributed by atoms with Crippen LogP contribution in [0.3, 0.4) is 0 Å². The van der Waals surface area contributed by atoms with E-state index in [4.69, 9.17) is 12.6 Å². The van der Waals surface area contributed by atoms with E-state index in [0.29, 0.717) is 6.35 Å². The SMILES string of the molecule is [B]C(S)C(=O)OCP(c1ccccc1)c1ccccc1. The maximum atomic E-state index is 11.5. The van der Waals surface area contributed by atoms with E-state index in [1.54, 1.807) is 0 Å². The predicted molar refractivity (Wildman–Crippen MR) is 88.6 cm³/mol. The molecule has 2 aromatic carbocycles. The average molecular weight is 300 g/mol. The van der Waals surface area contributed by atoms with Gasteiger partial charge in [0.05, 0.1) is 5.15 Å². The van der Waals surface area contributed by atoms with Gasteiger partial charge < -0.3 is 4.74 Å². The van der Waals surface area contributed by atoms with Crippen LogP contribution in [0.2, 0.25) is 0 Å². The van der Waals surface area contributed by atoms with Crippen molar-refractivity contribution in [3.8, 4) is 0 Å². The van der Waals surface area contributed by atoms with Crippen molar-refractivity contribution in [2.24, 2.45) is 0 Å². The first-order valence-corrected chi connectivity index (χ1v) is 8.21. The summed E-state index contributed by atoms with van der Waals surface area (Å²) in [5.41, 5.74) is 0. The fraction of sp³-hybridized carbons (Fsp3) is 0.133. The quantitative estimate of drug-likeness (QED) is 0.396. The monoisotopic (exact) mass is 300 g/mol. The van der Waals surface area contributed by atoms with Gasteiger partial charge in [0.2, 0.25) is 0 Å². The zero-order chi connectivity index (χ0) is 14.4. The molecule has 0 saturated heterocycles. The van der Waals surface area contributed by atoms with Crippen molar-refractivity contribution in [3.05, 3.63) is 60.7 Å². The van der Waals surface area contributed by atoms with Crippen molar-refractivity contribution >= 4 is 45.0 Å². The number of ether oxygens (including phenoxy) is 1. The molecule has 0 spiro atoms. The van der Waals surface area contributed by atoms with Crippen LogP contribution in [0.4, 0.5) is 0 Å². The summed E-state index contributed by atoms with van der Waals surface area (Å²) in [6.07, 6.45) is 0.316. The molecule has 0 fully saturated rings. The second-order valence-corrected chi connectivity index (χ2v) is 6.84. The molecule has 0 heterocycles. The minimum atomic E-state index is -0.890. The van der Waals surface area contributed by atoms with Gasteiger partial charge in [-0.1, -0.05) is 60.7 Å². The number of thiol groups is 1. The summed E-state index contributed by atoms with van der Waals surface area (Å²) in [7, 11) is 4.66. The van der Waals surface area contributed by atoms with Crippen molar-refractivity contribution in [1.29, 1.82) is 0 Å². The lowest BCUT2D eigenvalue weighted by molar-refractivity contribution is -0.139. The number of carbonyl (C=O) groups is 1. The lowest BCUT2D eigenvalue weighted by Crippen LogP contribution is -2.22. The van der Waals surface area contributed by atoms with Gasteiger partial charge in [-0.05, 0) is 18.5 Å². The Morgan fingerprint density at radius 2 is 1.50 bits per heavy atom. The van der Waals surface area contributed by atoms with Crippen LogP contribution >= 0.6 is 20.6 Å². The molecule has 2 aromatic rings. The third kappa shape index (κ3) is 4.12. The molecule has 2 nitrogen and oxygen atoms in total. The number of benzene rings is 2. The van der Waals surface area contributed by atoms with Crippen LogP contribution in [-0.4, -0.2) is 25.3 Å². The van der Waals surface area contributed by atoms with Crippen LogP contribution < -0.4 is 10.6 Å². The highest BCUT2D eigenvalue weighted by Gasteiger charge is 2.17. The van der Waals surface area contributed by atoms with Crippen LogP contribution in [0.25, 0.3) is 0 Å². The van der Waals surface area contributed by atoms with Crippen LogP contribution in [0.5, 0.6) is 0 Å². The van der Waals surface area contributed by atoms with Crippen molar-refractivity contribution in [1.82, 2.24) is 0 Å². The first-order valence-electron chi connectivity index (χ1n) is 6.16. The summed E-state index contributed by atoms with van der Waals surface area (Å²) < 4.78 is 5.26. The molecule has 5 heteroatoms. The third-order valence-electron chi connectivity index (χ3n) is 2.71. The highest BCUT2D eigenvalue weighted by molar-refractivity contribution is 7.83. The molecule has 0 aliphatic rings. The van der Waals surface area contributed by atoms with Gasteiger partial charge in [0.1, 0.15) is 14.2 Å². The van der Waals surface area contributed by atoms with Crippen molar-refractivity contribution in [2.45, 2.75) is 5.15 Å². The number of esters is 1. The Balaban J connectivity index is 2.20. The Kier molecular flexibility index (Phi) is 5.69. The molecule has 0 aliphatic carbocycles. The van der Waals surface area contributed by atoms with Crippen molar-refractivity contribution in [2.75, 3.05) is 6.35 Å². The van der Waals surface area contributed by atoms with Gasteiger partial charge >= 0.3 is 5.97 Å². The number of hydrogen-bond donors (Lipinski definition) is 1. The van der Waals surface area contributed by atoms with Crippen LogP contribution in [0.1, 0.15) is 0 Å². The van der Waals surface area contributed by atoms with E-state index >= 15 is 0 Å². The first kappa shape index (κ1) is 15.1. The Bertz CT molecular complexity index is 509. The summed E-state index contributed by atoms with van der Waals surface area (Å²) in [4.78, 5) is 11.5. The Labute approximate surface area is 127 Å². The number of carbonyl (C=O) groups excluding carboxylic acids is 1. The van der Waals surface area contributed by atoms with Gasteiger partial charge in [0.15, 0.2) is 0 Å².